The molecular formula is C12H18O2. The minimum absolute atomic E-state index is 0.0746. The van der Waals surface area contributed by atoms with Crippen LogP contribution in [0.4, 0.5) is 0 Å². The van der Waals surface area contributed by atoms with E-state index in [1.54, 1.807) is 0 Å². The second-order valence-electron chi connectivity index (χ2n) is 4.37. The number of allylic oxidation sites excluding steroid dienone is 1. The highest BCUT2D eigenvalue weighted by Crippen LogP contribution is 2.26. The molecule has 0 radical (unpaired) electrons. The highest BCUT2D eigenvalue weighted by Gasteiger charge is 2.28. The molecule has 0 aromatic rings. The molecule has 1 saturated carbocycles. The Morgan fingerprint density at radius 3 is 2.57 bits per heavy atom. The van der Waals surface area contributed by atoms with Gasteiger partial charge in [0.2, 0.25) is 0 Å². The average Bonchev–Trinajstić information content (AvgIpc) is 2.47. The molecular weight excluding hydrogens is 176 g/mol. The third-order valence-electron chi connectivity index (χ3n) is 3.15. The molecule has 0 N–H and O–H groups in total. The second-order valence-corrected chi connectivity index (χ2v) is 4.37. The van der Waals surface area contributed by atoms with Gasteiger partial charge in [-0.25, -0.2) is 0 Å². The van der Waals surface area contributed by atoms with Crippen LogP contribution in [0.2, 0.25) is 0 Å². The minimum Gasteiger partial charge on any atom is -0.363 e. The van der Waals surface area contributed by atoms with Crippen LogP contribution in [0.3, 0.4) is 0 Å². The second kappa shape index (κ2) is 4.26. The number of hydrogen-bond donors (Lipinski definition) is 0. The van der Waals surface area contributed by atoms with Crippen LogP contribution >= 0.6 is 0 Å². The van der Waals surface area contributed by atoms with Crippen molar-refractivity contribution in [2.24, 2.45) is 0 Å². The summed E-state index contributed by atoms with van der Waals surface area (Å²) >= 11 is 0. The summed E-state index contributed by atoms with van der Waals surface area (Å²) in [7, 11) is 0. The first kappa shape index (κ1) is 9.91. The summed E-state index contributed by atoms with van der Waals surface area (Å²) in [6, 6.07) is 0. The number of ether oxygens (including phenoxy) is 1. The summed E-state index contributed by atoms with van der Waals surface area (Å²) < 4.78 is 5.55. The van der Waals surface area contributed by atoms with Gasteiger partial charge < -0.3 is 4.74 Å². The fraction of sp³-hybridized carbons (Fsp3) is 0.750. The average molecular weight is 194 g/mol. The quantitative estimate of drug-likeness (QED) is 0.600. The van der Waals surface area contributed by atoms with Crippen LogP contribution in [0.5, 0.6) is 0 Å². The lowest BCUT2D eigenvalue weighted by atomic mass is 9.93. The van der Waals surface area contributed by atoms with Crippen LogP contribution in [-0.4, -0.2) is 18.0 Å². The monoisotopic (exact) mass is 194 g/mol. The van der Waals surface area contributed by atoms with Gasteiger partial charge in [-0.1, -0.05) is 18.1 Å². The van der Waals surface area contributed by atoms with Gasteiger partial charge in [0.25, 0.3) is 0 Å². The molecule has 0 aromatic carbocycles. The molecule has 2 atom stereocenters. The Morgan fingerprint density at radius 1 is 1.29 bits per heavy atom. The van der Waals surface area contributed by atoms with Crippen molar-refractivity contribution in [3.63, 3.8) is 0 Å². The standard InChI is InChI=1S/C12H18O2/c1-9-12(13)8-11(14-9)7-10-5-3-2-4-6-10/h7,9,11H,2-6,8H2,1H3. The molecule has 1 heterocycles. The van der Waals surface area contributed by atoms with E-state index in [2.05, 4.69) is 6.08 Å². The summed E-state index contributed by atoms with van der Waals surface area (Å²) in [6.07, 6.45) is 9.07. The van der Waals surface area contributed by atoms with Gasteiger partial charge in [0, 0.05) is 6.42 Å². The first-order valence-corrected chi connectivity index (χ1v) is 5.63. The van der Waals surface area contributed by atoms with E-state index in [0.717, 1.165) is 0 Å². The summed E-state index contributed by atoms with van der Waals surface area (Å²) in [4.78, 5) is 11.3. The van der Waals surface area contributed by atoms with Crippen LogP contribution in [0.25, 0.3) is 0 Å². The molecule has 2 heteroatoms. The van der Waals surface area contributed by atoms with E-state index in [9.17, 15) is 4.79 Å². The Kier molecular flexibility index (Phi) is 3.02. The molecule has 1 saturated heterocycles. The van der Waals surface area contributed by atoms with Crippen molar-refractivity contribution in [1.82, 2.24) is 0 Å². The van der Waals surface area contributed by atoms with E-state index >= 15 is 0 Å². The maximum atomic E-state index is 11.3. The van der Waals surface area contributed by atoms with Gasteiger partial charge in [-0.15, -0.1) is 0 Å². The largest absolute Gasteiger partial charge is 0.363 e. The normalized spacial score (nSPS) is 33.5. The number of hydrogen-bond acceptors (Lipinski definition) is 2. The predicted octanol–water partition coefficient (Wildman–Crippen LogP) is 2.62. The summed E-state index contributed by atoms with van der Waals surface area (Å²) in [5.41, 5.74) is 1.50. The lowest BCUT2D eigenvalue weighted by Gasteiger charge is -2.15. The fourth-order valence-corrected chi connectivity index (χ4v) is 2.28. The smallest absolute Gasteiger partial charge is 0.164 e. The molecule has 0 aromatic heterocycles. The number of carbonyl (C=O) groups excluding carboxylic acids is 1. The predicted molar refractivity (Wildman–Crippen MR) is 55.1 cm³/mol. The van der Waals surface area contributed by atoms with Crippen molar-refractivity contribution in [2.45, 2.75) is 57.7 Å². The maximum Gasteiger partial charge on any atom is 0.164 e. The zero-order valence-corrected chi connectivity index (χ0v) is 8.79. The Bertz CT molecular complexity index is 247. The van der Waals surface area contributed by atoms with Gasteiger partial charge in [-0.2, -0.15) is 0 Å². The minimum atomic E-state index is -0.180. The molecule has 0 bridgehead atoms. The van der Waals surface area contributed by atoms with Crippen molar-refractivity contribution in [1.29, 1.82) is 0 Å². The molecule has 2 aliphatic rings. The van der Waals surface area contributed by atoms with Crippen LogP contribution in [-0.2, 0) is 9.53 Å². The third kappa shape index (κ3) is 2.24. The van der Waals surface area contributed by atoms with E-state index in [-0.39, 0.29) is 18.0 Å². The molecule has 1 aliphatic heterocycles. The van der Waals surface area contributed by atoms with Gasteiger partial charge in [0.1, 0.15) is 6.10 Å². The van der Waals surface area contributed by atoms with Crippen LogP contribution in [0, 0.1) is 0 Å². The zero-order valence-electron chi connectivity index (χ0n) is 8.79. The maximum absolute atomic E-state index is 11.3. The molecule has 2 rings (SSSR count). The summed E-state index contributed by atoms with van der Waals surface area (Å²) in [5.74, 6) is 0.252. The van der Waals surface area contributed by atoms with Crippen LogP contribution < -0.4 is 0 Å². The van der Waals surface area contributed by atoms with Crippen molar-refractivity contribution < 1.29 is 9.53 Å². The lowest BCUT2D eigenvalue weighted by Crippen LogP contribution is -2.09. The van der Waals surface area contributed by atoms with Crippen molar-refractivity contribution >= 4 is 5.78 Å². The number of Topliss-reactive ketones (excluding diaryl/α,β-unsaturated/α-hetero) is 1. The van der Waals surface area contributed by atoms with Crippen molar-refractivity contribution in [2.75, 3.05) is 0 Å². The zero-order chi connectivity index (χ0) is 9.97. The van der Waals surface area contributed by atoms with Crippen LogP contribution in [0.15, 0.2) is 11.6 Å². The fourth-order valence-electron chi connectivity index (χ4n) is 2.28. The molecule has 0 amide bonds. The van der Waals surface area contributed by atoms with Gasteiger partial charge in [0.15, 0.2) is 5.78 Å². The first-order valence-electron chi connectivity index (χ1n) is 5.63. The molecule has 0 spiro atoms. The third-order valence-corrected chi connectivity index (χ3v) is 3.15. The van der Waals surface area contributed by atoms with Gasteiger partial charge >= 0.3 is 0 Å². The highest BCUT2D eigenvalue weighted by atomic mass is 16.5. The summed E-state index contributed by atoms with van der Waals surface area (Å²) in [6.45, 7) is 1.85. The van der Waals surface area contributed by atoms with Crippen LogP contribution in [0.1, 0.15) is 45.4 Å². The number of ketones is 1. The number of rotatable bonds is 1. The van der Waals surface area contributed by atoms with E-state index in [1.807, 2.05) is 6.92 Å². The molecule has 1 aliphatic carbocycles. The van der Waals surface area contributed by atoms with Gasteiger partial charge in [-0.3, -0.25) is 4.79 Å². The van der Waals surface area contributed by atoms with Crippen molar-refractivity contribution in [3.8, 4) is 0 Å². The van der Waals surface area contributed by atoms with Crippen molar-refractivity contribution in [3.05, 3.63) is 11.6 Å². The molecule has 2 nitrogen and oxygen atoms in total. The lowest BCUT2D eigenvalue weighted by molar-refractivity contribution is -0.121. The Morgan fingerprint density at radius 2 is 2.00 bits per heavy atom. The molecule has 14 heavy (non-hydrogen) atoms. The summed E-state index contributed by atoms with van der Waals surface area (Å²) in [5, 5.41) is 0. The van der Waals surface area contributed by atoms with E-state index < -0.39 is 0 Å². The Labute approximate surface area is 85.3 Å². The molecule has 78 valence electrons. The SMILES string of the molecule is CC1OC(C=C2CCCCC2)CC1=O. The molecule has 2 fully saturated rings. The Hall–Kier alpha value is -0.630. The van der Waals surface area contributed by atoms with Gasteiger partial charge in [-0.05, 0) is 32.6 Å². The Balaban J connectivity index is 1.93. The molecule has 2 unspecified atom stereocenters. The van der Waals surface area contributed by atoms with E-state index in [4.69, 9.17) is 4.74 Å². The number of carbonyl (C=O) groups is 1. The van der Waals surface area contributed by atoms with E-state index in [0.29, 0.717) is 6.42 Å². The first-order chi connectivity index (χ1) is 6.75. The van der Waals surface area contributed by atoms with E-state index in [1.165, 1.54) is 37.7 Å². The topological polar surface area (TPSA) is 26.3 Å². The highest BCUT2D eigenvalue weighted by molar-refractivity contribution is 5.85. The van der Waals surface area contributed by atoms with Gasteiger partial charge in [0.05, 0.1) is 6.10 Å².